The Kier molecular flexibility index (Phi) is 5.04. The van der Waals surface area contributed by atoms with Crippen LogP contribution in [0.3, 0.4) is 0 Å². The molecule has 2 rings (SSSR count). The number of nitrogens with two attached hydrogens (primary N) is 1. The highest BCUT2D eigenvalue weighted by Crippen LogP contribution is 2.21. The number of sulfonamides is 1. The minimum Gasteiger partial charge on any atom is -0.326 e. The van der Waals surface area contributed by atoms with Crippen molar-refractivity contribution in [3.8, 4) is 0 Å². The summed E-state index contributed by atoms with van der Waals surface area (Å²) in [4.78, 5) is 0.722. The van der Waals surface area contributed by atoms with Crippen molar-refractivity contribution in [2.75, 3.05) is 6.54 Å². The van der Waals surface area contributed by atoms with Gasteiger partial charge in [0, 0.05) is 24.0 Å². The normalized spacial score (nSPS) is 11.8. The molecule has 0 amide bonds. The lowest BCUT2D eigenvalue weighted by atomic mass is 10.1. The smallest absolute Gasteiger partial charge is 0.241 e. The summed E-state index contributed by atoms with van der Waals surface area (Å²) in [5.41, 5.74) is 5.87. The van der Waals surface area contributed by atoms with Gasteiger partial charge in [-0.3, -0.25) is 0 Å². The predicted molar refractivity (Wildman–Crippen MR) is 77.5 cm³/mol. The molecule has 0 fully saturated rings. The Hall–Kier alpha value is -1.35. The lowest BCUT2D eigenvalue weighted by Crippen LogP contribution is -2.26. The number of hydrogen-bond donors (Lipinski definition) is 2. The van der Waals surface area contributed by atoms with Crippen LogP contribution < -0.4 is 10.5 Å². The Bertz CT molecular complexity index is 709. The molecule has 4 nitrogen and oxygen atoms in total. The number of rotatable bonds is 6. The Morgan fingerprint density at radius 1 is 1.19 bits per heavy atom. The molecule has 8 heteroatoms. The monoisotopic (exact) mass is 332 g/mol. The standard InChI is InChI=1S/C13H14F2N2O2S2/c14-10-5-9(6-11(15)7-10)1-3-17-21(18,19)13-2-4-20-12(13)8-16/h2,4-7,17H,1,3,8,16H2. The van der Waals surface area contributed by atoms with E-state index in [0.717, 1.165) is 6.07 Å². The lowest BCUT2D eigenvalue weighted by molar-refractivity contribution is 0.576. The van der Waals surface area contributed by atoms with Crippen LogP contribution in [0.2, 0.25) is 0 Å². The zero-order chi connectivity index (χ0) is 15.5. The highest BCUT2D eigenvalue weighted by atomic mass is 32.2. The number of hydrogen-bond acceptors (Lipinski definition) is 4. The van der Waals surface area contributed by atoms with Gasteiger partial charge in [-0.25, -0.2) is 21.9 Å². The molecule has 0 aliphatic heterocycles. The van der Waals surface area contributed by atoms with E-state index in [-0.39, 0.29) is 24.4 Å². The Labute approximate surface area is 125 Å². The second-order valence-corrected chi connectivity index (χ2v) is 7.07. The minimum atomic E-state index is -3.66. The quantitative estimate of drug-likeness (QED) is 0.850. The molecule has 0 atom stereocenters. The van der Waals surface area contributed by atoms with Crippen molar-refractivity contribution >= 4 is 21.4 Å². The van der Waals surface area contributed by atoms with Crippen molar-refractivity contribution in [1.82, 2.24) is 4.72 Å². The van der Waals surface area contributed by atoms with Crippen molar-refractivity contribution in [2.24, 2.45) is 5.73 Å². The first-order valence-electron chi connectivity index (χ1n) is 6.13. The zero-order valence-electron chi connectivity index (χ0n) is 11.0. The maximum absolute atomic E-state index is 13.0. The summed E-state index contributed by atoms with van der Waals surface area (Å²) in [6, 6.07) is 4.60. The van der Waals surface area contributed by atoms with Crippen molar-refractivity contribution in [2.45, 2.75) is 17.9 Å². The second kappa shape index (κ2) is 6.61. The highest BCUT2D eigenvalue weighted by Gasteiger charge is 2.18. The van der Waals surface area contributed by atoms with E-state index < -0.39 is 21.7 Å². The van der Waals surface area contributed by atoms with Gasteiger partial charge in [0.25, 0.3) is 0 Å². The summed E-state index contributed by atoms with van der Waals surface area (Å²) < 4.78 is 52.6. The van der Waals surface area contributed by atoms with Gasteiger partial charge in [-0.1, -0.05) is 0 Å². The molecule has 0 saturated heterocycles. The topological polar surface area (TPSA) is 72.2 Å². The fourth-order valence-corrected chi connectivity index (χ4v) is 4.24. The van der Waals surface area contributed by atoms with Gasteiger partial charge in [-0.05, 0) is 35.6 Å². The summed E-state index contributed by atoms with van der Waals surface area (Å²) in [6.45, 7) is 0.189. The zero-order valence-corrected chi connectivity index (χ0v) is 12.6. The fourth-order valence-electron chi connectivity index (χ4n) is 1.88. The number of halogens is 2. The molecule has 0 aliphatic rings. The van der Waals surface area contributed by atoms with Crippen LogP contribution in [0.4, 0.5) is 8.78 Å². The summed E-state index contributed by atoms with van der Waals surface area (Å²) in [6.07, 6.45) is 0.190. The molecule has 1 heterocycles. The van der Waals surface area contributed by atoms with E-state index in [4.69, 9.17) is 5.73 Å². The lowest BCUT2D eigenvalue weighted by Gasteiger charge is -2.07. The van der Waals surface area contributed by atoms with Gasteiger partial charge in [-0.2, -0.15) is 0 Å². The first-order chi connectivity index (χ1) is 9.92. The summed E-state index contributed by atoms with van der Waals surface area (Å²) in [7, 11) is -3.66. The van der Waals surface area contributed by atoms with Gasteiger partial charge in [0.2, 0.25) is 10.0 Å². The van der Waals surface area contributed by atoms with Crippen LogP contribution in [0.1, 0.15) is 10.4 Å². The first kappa shape index (κ1) is 16.0. The van der Waals surface area contributed by atoms with Crippen molar-refractivity contribution in [3.05, 3.63) is 51.7 Å². The second-order valence-electron chi connectivity index (χ2n) is 4.34. The molecular weight excluding hydrogens is 318 g/mol. The van der Waals surface area contributed by atoms with Crippen LogP contribution in [0.15, 0.2) is 34.5 Å². The number of nitrogens with one attached hydrogen (secondary N) is 1. The minimum absolute atomic E-state index is 0.0467. The maximum atomic E-state index is 13.0. The molecule has 3 N–H and O–H groups in total. The van der Waals surface area contributed by atoms with Crippen molar-refractivity contribution in [1.29, 1.82) is 0 Å². The Morgan fingerprint density at radius 3 is 2.48 bits per heavy atom. The van der Waals surface area contributed by atoms with Gasteiger partial charge in [-0.15, -0.1) is 11.3 Å². The summed E-state index contributed by atoms with van der Waals surface area (Å²) in [5, 5.41) is 1.65. The van der Waals surface area contributed by atoms with Gasteiger partial charge in [0.05, 0.1) is 4.90 Å². The number of benzene rings is 1. The van der Waals surface area contributed by atoms with Crippen LogP contribution in [0, 0.1) is 11.6 Å². The molecule has 0 bridgehead atoms. The molecule has 1 aromatic carbocycles. The largest absolute Gasteiger partial charge is 0.326 e. The molecule has 0 aliphatic carbocycles. The molecule has 0 radical (unpaired) electrons. The van der Waals surface area contributed by atoms with Crippen LogP contribution >= 0.6 is 11.3 Å². The van der Waals surface area contributed by atoms with E-state index in [1.165, 1.54) is 29.5 Å². The third kappa shape index (κ3) is 4.07. The summed E-state index contributed by atoms with van der Waals surface area (Å²) in [5.74, 6) is -1.37. The van der Waals surface area contributed by atoms with E-state index in [1.54, 1.807) is 5.38 Å². The molecule has 21 heavy (non-hydrogen) atoms. The maximum Gasteiger partial charge on any atom is 0.241 e. The molecular formula is C13H14F2N2O2S2. The van der Waals surface area contributed by atoms with E-state index in [9.17, 15) is 17.2 Å². The molecule has 1 aromatic heterocycles. The van der Waals surface area contributed by atoms with Gasteiger partial charge in [0.1, 0.15) is 11.6 Å². The molecule has 0 saturated carbocycles. The molecule has 2 aromatic rings. The van der Waals surface area contributed by atoms with Crippen molar-refractivity contribution in [3.63, 3.8) is 0 Å². The fraction of sp³-hybridized carbons (Fsp3) is 0.231. The Balaban J connectivity index is 2.02. The Morgan fingerprint density at radius 2 is 1.86 bits per heavy atom. The third-order valence-electron chi connectivity index (χ3n) is 2.81. The van der Waals surface area contributed by atoms with Crippen LogP contribution in [-0.4, -0.2) is 15.0 Å². The van der Waals surface area contributed by atoms with Gasteiger partial charge in [0.15, 0.2) is 0 Å². The molecule has 114 valence electrons. The average Bonchev–Trinajstić information content (AvgIpc) is 2.86. The van der Waals surface area contributed by atoms with E-state index in [1.807, 2.05) is 0 Å². The van der Waals surface area contributed by atoms with Gasteiger partial charge < -0.3 is 5.73 Å². The highest BCUT2D eigenvalue weighted by molar-refractivity contribution is 7.89. The van der Waals surface area contributed by atoms with Crippen LogP contribution in [0.25, 0.3) is 0 Å². The van der Waals surface area contributed by atoms with Crippen LogP contribution in [-0.2, 0) is 23.0 Å². The van der Waals surface area contributed by atoms with E-state index in [2.05, 4.69) is 4.72 Å². The van der Waals surface area contributed by atoms with E-state index >= 15 is 0 Å². The third-order valence-corrected chi connectivity index (χ3v) is 5.43. The summed E-state index contributed by atoms with van der Waals surface area (Å²) >= 11 is 1.27. The van der Waals surface area contributed by atoms with Crippen molar-refractivity contribution < 1.29 is 17.2 Å². The van der Waals surface area contributed by atoms with E-state index in [0.29, 0.717) is 10.4 Å². The molecule has 0 spiro atoms. The SMILES string of the molecule is NCc1sccc1S(=O)(=O)NCCc1cc(F)cc(F)c1. The number of thiophene rings is 1. The van der Waals surface area contributed by atoms with Gasteiger partial charge >= 0.3 is 0 Å². The average molecular weight is 332 g/mol. The molecule has 0 unspecified atom stereocenters. The first-order valence-corrected chi connectivity index (χ1v) is 8.50. The van der Waals surface area contributed by atoms with Crippen LogP contribution in [0.5, 0.6) is 0 Å². The predicted octanol–water partition coefficient (Wildman–Crippen LogP) is 2.01.